The Balaban J connectivity index is 3.25. The van der Waals surface area contributed by atoms with Gasteiger partial charge in [0.1, 0.15) is 5.69 Å². The van der Waals surface area contributed by atoms with E-state index in [1.807, 2.05) is 0 Å². The van der Waals surface area contributed by atoms with Crippen molar-refractivity contribution in [2.24, 2.45) is 0 Å². The lowest BCUT2D eigenvalue weighted by Gasteiger charge is -2.23. The van der Waals surface area contributed by atoms with Crippen LogP contribution >= 0.6 is 0 Å². The van der Waals surface area contributed by atoms with E-state index in [2.05, 4.69) is 0 Å². The van der Waals surface area contributed by atoms with Crippen molar-refractivity contribution >= 4 is 11.4 Å². The number of hydrogen-bond donors (Lipinski definition) is 2. The minimum atomic E-state index is -0.505. The zero-order valence-electron chi connectivity index (χ0n) is 11.7. The predicted molar refractivity (Wildman–Crippen MR) is 75.2 cm³/mol. The number of ether oxygens (including phenoxy) is 1. The molecule has 1 aromatic carbocycles. The Bertz CT molecular complexity index is 444. The van der Waals surface area contributed by atoms with Crippen LogP contribution in [0.5, 0.6) is 5.75 Å². The second-order valence-electron chi connectivity index (χ2n) is 4.48. The normalized spacial score (nSPS) is 10.7. The maximum Gasteiger partial charge on any atom is 0.333 e. The van der Waals surface area contributed by atoms with Gasteiger partial charge in [-0.05, 0) is 26.0 Å². The van der Waals surface area contributed by atoms with Crippen LogP contribution in [0.15, 0.2) is 18.2 Å². The first kappa shape index (κ1) is 16.2. The summed E-state index contributed by atoms with van der Waals surface area (Å²) in [7, 11) is 0. The van der Waals surface area contributed by atoms with Crippen LogP contribution in [0, 0.1) is 10.1 Å². The first-order valence-corrected chi connectivity index (χ1v) is 6.42. The van der Waals surface area contributed by atoms with Crippen molar-refractivity contribution in [3.05, 3.63) is 28.3 Å². The van der Waals surface area contributed by atoms with Crippen LogP contribution in [0.4, 0.5) is 11.4 Å². The second kappa shape index (κ2) is 7.66. The molecular weight excluding hydrogens is 264 g/mol. The zero-order valence-corrected chi connectivity index (χ0v) is 11.7. The number of para-hydroxylation sites is 1. The van der Waals surface area contributed by atoms with Gasteiger partial charge in [-0.2, -0.15) is 0 Å². The number of anilines is 1. The van der Waals surface area contributed by atoms with E-state index in [1.165, 1.54) is 6.07 Å². The second-order valence-corrected chi connectivity index (χ2v) is 4.48. The minimum Gasteiger partial charge on any atom is -0.484 e. The monoisotopic (exact) mass is 284 g/mol. The largest absolute Gasteiger partial charge is 0.484 e. The van der Waals surface area contributed by atoms with E-state index in [0.29, 0.717) is 5.69 Å². The number of hydrogen-bond acceptors (Lipinski definition) is 6. The molecule has 0 aliphatic rings. The quantitative estimate of drug-likeness (QED) is 0.549. The molecule has 0 radical (unpaired) electrons. The van der Waals surface area contributed by atoms with Crippen molar-refractivity contribution in [3.63, 3.8) is 0 Å². The first-order chi connectivity index (χ1) is 9.51. The maximum atomic E-state index is 11.3. The van der Waals surface area contributed by atoms with E-state index in [-0.39, 0.29) is 43.8 Å². The van der Waals surface area contributed by atoms with E-state index >= 15 is 0 Å². The summed E-state index contributed by atoms with van der Waals surface area (Å²) in [5.74, 6) is 0.184. The van der Waals surface area contributed by atoms with Gasteiger partial charge in [-0.3, -0.25) is 10.1 Å². The Morgan fingerprint density at radius 1 is 1.30 bits per heavy atom. The number of nitro benzene ring substituents is 1. The standard InChI is InChI=1S/C13H20N2O5/c1-10(2)20-12-5-3-4-11(13(12)15(18)19)14(6-8-16)7-9-17/h3-5,10,16-17H,6-9H2,1-2H3. The average Bonchev–Trinajstić information content (AvgIpc) is 2.37. The van der Waals surface area contributed by atoms with E-state index in [1.54, 1.807) is 30.9 Å². The molecular formula is C13H20N2O5. The molecule has 0 unspecified atom stereocenters. The third-order valence-electron chi connectivity index (χ3n) is 2.60. The molecule has 7 nitrogen and oxygen atoms in total. The molecule has 0 heterocycles. The highest BCUT2D eigenvalue weighted by molar-refractivity contribution is 5.69. The maximum absolute atomic E-state index is 11.3. The van der Waals surface area contributed by atoms with Crippen molar-refractivity contribution < 1.29 is 19.9 Å². The summed E-state index contributed by atoms with van der Waals surface area (Å²) in [5, 5.41) is 29.4. The molecule has 0 atom stereocenters. The summed E-state index contributed by atoms with van der Waals surface area (Å²) < 4.78 is 5.46. The van der Waals surface area contributed by atoms with E-state index in [0.717, 1.165) is 0 Å². The highest BCUT2D eigenvalue weighted by Crippen LogP contribution is 2.37. The molecule has 112 valence electrons. The van der Waals surface area contributed by atoms with Crippen LogP contribution in [0.25, 0.3) is 0 Å². The van der Waals surface area contributed by atoms with Gasteiger partial charge >= 0.3 is 5.69 Å². The highest BCUT2D eigenvalue weighted by atomic mass is 16.6. The van der Waals surface area contributed by atoms with Crippen molar-refractivity contribution in [3.8, 4) is 5.75 Å². The van der Waals surface area contributed by atoms with E-state index < -0.39 is 4.92 Å². The molecule has 2 N–H and O–H groups in total. The van der Waals surface area contributed by atoms with Gasteiger partial charge in [-0.15, -0.1) is 0 Å². The molecule has 0 aliphatic heterocycles. The fourth-order valence-electron chi connectivity index (χ4n) is 1.89. The molecule has 0 aliphatic carbocycles. The SMILES string of the molecule is CC(C)Oc1cccc(N(CCO)CCO)c1[N+](=O)[O-]. The molecule has 7 heteroatoms. The Kier molecular flexibility index (Phi) is 6.20. The van der Waals surface area contributed by atoms with Gasteiger partial charge in [0.25, 0.3) is 0 Å². The lowest BCUT2D eigenvalue weighted by molar-refractivity contribution is -0.385. The minimum absolute atomic E-state index is 0.150. The fraction of sp³-hybridized carbons (Fsp3) is 0.538. The number of benzene rings is 1. The van der Waals surface area contributed by atoms with Gasteiger partial charge in [0.05, 0.1) is 24.2 Å². The zero-order chi connectivity index (χ0) is 15.1. The molecule has 0 aromatic heterocycles. The number of nitro groups is 1. The number of aliphatic hydroxyl groups excluding tert-OH is 2. The van der Waals surface area contributed by atoms with Gasteiger partial charge in [0, 0.05) is 13.1 Å². The molecule has 0 saturated carbocycles. The molecule has 0 fully saturated rings. The van der Waals surface area contributed by atoms with Crippen LogP contribution in [0.3, 0.4) is 0 Å². The lowest BCUT2D eigenvalue weighted by atomic mass is 10.2. The number of aliphatic hydroxyl groups is 2. The Morgan fingerprint density at radius 3 is 2.35 bits per heavy atom. The van der Waals surface area contributed by atoms with E-state index in [4.69, 9.17) is 14.9 Å². The van der Waals surface area contributed by atoms with Gasteiger partial charge in [-0.1, -0.05) is 6.07 Å². The first-order valence-electron chi connectivity index (χ1n) is 6.42. The van der Waals surface area contributed by atoms with E-state index in [9.17, 15) is 10.1 Å². The van der Waals surface area contributed by atoms with Crippen LogP contribution < -0.4 is 9.64 Å². The molecule has 0 spiro atoms. The van der Waals surface area contributed by atoms with Crippen LogP contribution in [-0.2, 0) is 0 Å². The van der Waals surface area contributed by atoms with Crippen molar-refractivity contribution in [2.75, 3.05) is 31.2 Å². The molecule has 0 bridgehead atoms. The molecule has 1 aromatic rings. The van der Waals surface area contributed by atoms with Crippen molar-refractivity contribution in [1.29, 1.82) is 0 Å². The van der Waals surface area contributed by atoms with Gasteiger partial charge in [0.15, 0.2) is 5.75 Å². The number of rotatable bonds is 8. The summed E-state index contributed by atoms with van der Waals surface area (Å²) in [5.41, 5.74) is 0.180. The summed E-state index contributed by atoms with van der Waals surface area (Å²) in [6.07, 6.45) is -0.187. The summed E-state index contributed by atoms with van der Waals surface area (Å²) in [4.78, 5) is 12.4. The van der Waals surface area contributed by atoms with Crippen molar-refractivity contribution in [2.45, 2.75) is 20.0 Å². The van der Waals surface area contributed by atoms with Crippen molar-refractivity contribution in [1.82, 2.24) is 0 Å². The van der Waals surface area contributed by atoms with Gasteiger partial charge < -0.3 is 19.8 Å². The van der Waals surface area contributed by atoms with Crippen LogP contribution in [0.1, 0.15) is 13.8 Å². The number of nitrogens with zero attached hydrogens (tertiary/aromatic N) is 2. The summed E-state index contributed by atoms with van der Waals surface area (Å²) in [6.45, 7) is 3.66. The highest BCUT2D eigenvalue weighted by Gasteiger charge is 2.25. The molecule has 0 saturated heterocycles. The smallest absolute Gasteiger partial charge is 0.333 e. The van der Waals surface area contributed by atoms with Gasteiger partial charge in [0.2, 0.25) is 0 Å². The van der Waals surface area contributed by atoms with Crippen LogP contribution in [-0.4, -0.2) is 47.5 Å². The topological polar surface area (TPSA) is 96.1 Å². The predicted octanol–water partition coefficient (Wildman–Crippen LogP) is 1.17. The molecule has 0 amide bonds. The Morgan fingerprint density at radius 2 is 1.90 bits per heavy atom. The van der Waals surface area contributed by atoms with Crippen LogP contribution in [0.2, 0.25) is 0 Å². The third kappa shape index (κ3) is 4.07. The molecule has 1 rings (SSSR count). The summed E-state index contributed by atoms with van der Waals surface area (Å²) in [6, 6.07) is 4.77. The van der Waals surface area contributed by atoms with Gasteiger partial charge in [-0.25, -0.2) is 0 Å². The average molecular weight is 284 g/mol. The third-order valence-corrected chi connectivity index (χ3v) is 2.60. The summed E-state index contributed by atoms with van der Waals surface area (Å²) >= 11 is 0. The Labute approximate surface area is 117 Å². The Hall–Kier alpha value is -1.86. The fourth-order valence-corrected chi connectivity index (χ4v) is 1.89. The molecule has 20 heavy (non-hydrogen) atoms. The lowest BCUT2D eigenvalue weighted by Crippen LogP contribution is -2.30.